The van der Waals surface area contributed by atoms with Crippen molar-refractivity contribution in [1.82, 2.24) is 20.8 Å². The first-order chi connectivity index (χ1) is 11.3. The fraction of sp³-hybridized carbons (Fsp3) is 0.235. The highest BCUT2D eigenvalue weighted by molar-refractivity contribution is 5.92. The van der Waals surface area contributed by atoms with Crippen LogP contribution in [0.1, 0.15) is 27.9 Å². The zero-order valence-electron chi connectivity index (χ0n) is 12.5. The van der Waals surface area contributed by atoms with Crippen molar-refractivity contribution in [2.24, 2.45) is 0 Å². The van der Waals surface area contributed by atoms with E-state index in [0.717, 1.165) is 35.2 Å². The molecule has 3 aromatic rings. The van der Waals surface area contributed by atoms with Gasteiger partial charge in [0, 0.05) is 36.7 Å². The molecule has 2 aromatic heterocycles. The average Bonchev–Trinajstić information content (AvgIpc) is 3.00. The maximum atomic E-state index is 12.2. The Balaban J connectivity index is 1.47. The molecule has 4 rings (SSSR count). The van der Waals surface area contributed by atoms with E-state index < -0.39 is 0 Å². The number of rotatable bonds is 4. The summed E-state index contributed by atoms with van der Waals surface area (Å²) in [4.78, 5) is 16.6. The Morgan fingerprint density at radius 1 is 1.30 bits per heavy atom. The van der Waals surface area contributed by atoms with Crippen LogP contribution in [0.3, 0.4) is 0 Å². The van der Waals surface area contributed by atoms with Gasteiger partial charge in [0.15, 0.2) is 0 Å². The normalized spacial score (nSPS) is 14.6. The van der Waals surface area contributed by atoms with Crippen molar-refractivity contribution >= 4 is 16.7 Å². The largest absolute Gasteiger partial charge is 0.351 e. The first kappa shape index (κ1) is 13.9. The van der Waals surface area contributed by atoms with E-state index in [4.69, 9.17) is 4.52 Å². The first-order valence-electron chi connectivity index (χ1n) is 7.59. The molecule has 1 fully saturated rings. The van der Waals surface area contributed by atoms with Crippen molar-refractivity contribution in [2.45, 2.75) is 12.5 Å². The Morgan fingerprint density at radius 3 is 3.00 bits per heavy atom. The van der Waals surface area contributed by atoms with E-state index in [0.29, 0.717) is 12.5 Å². The Labute approximate surface area is 132 Å². The molecule has 6 heteroatoms. The number of benzene rings is 1. The van der Waals surface area contributed by atoms with Crippen molar-refractivity contribution in [1.29, 1.82) is 0 Å². The molecule has 0 radical (unpaired) electrons. The monoisotopic (exact) mass is 308 g/mol. The SMILES string of the molecule is O=C(NCc1nccc2ccccc12)c1cc(C2CNC2)no1. The van der Waals surface area contributed by atoms with Crippen molar-refractivity contribution in [2.75, 3.05) is 13.1 Å². The van der Waals surface area contributed by atoms with Crippen LogP contribution in [0.4, 0.5) is 0 Å². The predicted octanol–water partition coefficient (Wildman–Crippen LogP) is 1.84. The van der Waals surface area contributed by atoms with Gasteiger partial charge in [-0.1, -0.05) is 29.4 Å². The van der Waals surface area contributed by atoms with E-state index in [9.17, 15) is 4.79 Å². The summed E-state index contributed by atoms with van der Waals surface area (Å²) in [6.07, 6.45) is 1.75. The minimum atomic E-state index is -0.272. The number of carbonyl (C=O) groups excluding carboxylic acids is 1. The standard InChI is InChI=1S/C17H16N4O2/c22-17(16-7-14(21-23-16)12-8-18-9-12)20-10-15-13-4-2-1-3-11(13)5-6-19-15/h1-7,12,18H,8-10H2,(H,20,22). The molecule has 1 aliphatic heterocycles. The van der Waals surface area contributed by atoms with E-state index in [1.807, 2.05) is 30.3 Å². The van der Waals surface area contributed by atoms with Crippen LogP contribution in [-0.4, -0.2) is 29.1 Å². The second kappa shape index (κ2) is 5.81. The fourth-order valence-corrected chi connectivity index (χ4v) is 2.66. The Hall–Kier alpha value is -2.73. The third kappa shape index (κ3) is 2.68. The van der Waals surface area contributed by atoms with E-state index in [-0.39, 0.29) is 11.7 Å². The van der Waals surface area contributed by atoms with Crippen molar-refractivity contribution in [3.63, 3.8) is 0 Å². The summed E-state index contributed by atoms with van der Waals surface area (Å²) in [6, 6.07) is 11.6. The van der Waals surface area contributed by atoms with Crippen molar-refractivity contribution in [3.8, 4) is 0 Å². The molecule has 0 saturated carbocycles. The lowest BCUT2D eigenvalue weighted by molar-refractivity contribution is 0.0913. The Kier molecular flexibility index (Phi) is 3.51. The third-order valence-electron chi connectivity index (χ3n) is 4.12. The summed E-state index contributed by atoms with van der Waals surface area (Å²) in [5, 5.41) is 12.1. The number of nitrogens with one attached hydrogen (secondary N) is 2. The number of hydrogen-bond acceptors (Lipinski definition) is 5. The van der Waals surface area contributed by atoms with Crippen LogP contribution < -0.4 is 10.6 Å². The van der Waals surface area contributed by atoms with Crippen LogP contribution >= 0.6 is 0 Å². The Bertz CT molecular complexity index is 849. The van der Waals surface area contributed by atoms with Gasteiger partial charge < -0.3 is 15.2 Å². The van der Waals surface area contributed by atoms with E-state index in [1.165, 1.54) is 0 Å². The third-order valence-corrected chi connectivity index (χ3v) is 4.12. The number of nitrogens with zero attached hydrogens (tertiary/aromatic N) is 2. The lowest BCUT2D eigenvalue weighted by Crippen LogP contribution is -2.40. The fourth-order valence-electron chi connectivity index (χ4n) is 2.66. The average molecular weight is 308 g/mol. The molecule has 23 heavy (non-hydrogen) atoms. The second-order valence-corrected chi connectivity index (χ2v) is 5.63. The highest BCUT2D eigenvalue weighted by Crippen LogP contribution is 2.19. The van der Waals surface area contributed by atoms with Crippen LogP contribution in [0.25, 0.3) is 10.8 Å². The minimum Gasteiger partial charge on any atom is -0.351 e. The zero-order valence-corrected chi connectivity index (χ0v) is 12.5. The van der Waals surface area contributed by atoms with Gasteiger partial charge >= 0.3 is 0 Å². The van der Waals surface area contributed by atoms with Gasteiger partial charge in [-0.05, 0) is 11.5 Å². The smallest absolute Gasteiger partial charge is 0.290 e. The maximum absolute atomic E-state index is 12.2. The lowest BCUT2D eigenvalue weighted by Gasteiger charge is -2.24. The summed E-state index contributed by atoms with van der Waals surface area (Å²) in [6.45, 7) is 2.11. The van der Waals surface area contributed by atoms with E-state index in [1.54, 1.807) is 12.3 Å². The molecule has 0 bridgehead atoms. The Morgan fingerprint density at radius 2 is 2.17 bits per heavy atom. The summed E-state index contributed by atoms with van der Waals surface area (Å²) < 4.78 is 5.15. The van der Waals surface area contributed by atoms with Crippen LogP contribution in [-0.2, 0) is 6.54 Å². The van der Waals surface area contributed by atoms with E-state index in [2.05, 4.69) is 20.8 Å². The number of hydrogen-bond donors (Lipinski definition) is 2. The van der Waals surface area contributed by atoms with Gasteiger partial charge in [0.25, 0.3) is 5.91 Å². The van der Waals surface area contributed by atoms with Gasteiger partial charge in [-0.25, -0.2) is 0 Å². The summed E-state index contributed by atoms with van der Waals surface area (Å²) >= 11 is 0. The predicted molar refractivity (Wildman–Crippen MR) is 85.0 cm³/mol. The van der Waals surface area contributed by atoms with Crippen molar-refractivity contribution < 1.29 is 9.32 Å². The molecule has 1 saturated heterocycles. The summed E-state index contributed by atoms with van der Waals surface area (Å²) in [7, 11) is 0. The van der Waals surface area contributed by atoms with Gasteiger partial charge in [-0.2, -0.15) is 0 Å². The molecule has 3 heterocycles. The van der Waals surface area contributed by atoms with Crippen LogP contribution in [0, 0.1) is 0 Å². The van der Waals surface area contributed by atoms with Crippen LogP contribution in [0.15, 0.2) is 47.1 Å². The summed E-state index contributed by atoms with van der Waals surface area (Å²) in [5.74, 6) is 0.318. The van der Waals surface area contributed by atoms with Gasteiger partial charge in [-0.3, -0.25) is 9.78 Å². The molecule has 1 amide bonds. The van der Waals surface area contributed by atoms with Crippen LogP contribution in [0.2, 0.25) is 0 Å². The maximum Gasteiger partial charge on any atom is 0.290 e. The number of fused-ring (bicyclic) bond motifs is 1. The number of amides is 1. The molecule has 116 valence electrons. The molecule has 0 atom stereocenters. The molecule has 2 N–H and O–H groups in total. The topological polar surface area (TPSA) is 80.0 Å². The van der Waals surface area contributed by atoms with Gasteiger partial charge in [-0.15, -0.1) is 0 Å². The molecule has 0 unspecified atom stereocenters. The second-order valence-electron chi connectivity index (χ2n) is 5.63. The van der Waals surface area contributed by atoms with E-state index >= 15 is 0 Å². The minimum absolute atomic E-state index is 0.243. The first-order valence-corrected chi connectivity index (χ1v) is 7.59. The van der Waals surface area contributed by atoms with Crippen molar-refractivity contribution in [3.05, 3.63) is 59.7 Å². The highest BCUT2D eigenvalue weighted by atomic mass is 16.5. The number of pyridine rings is 1. The van der Waals surface area contributed by atoms with Gasteiger partial charge in [0.05, 0.1) is 17.9 Å². The molecule has 1 aliphatic rings. The van der Waals surface area contributed by atoms with Gasteiger partial charge in [0.2, 0.25) is 5.76 Å². The molecule has 6 nitrogen and oxygen atoms in total. The molecular formula is C17H16N4O2. The number of carbonyl (C=O) groups is 1. The van der Waals surface area contributed by atoms with Gasteiger partial charge in [0.1, 0.15) is 0 Å². The lowest BCUT2D eigenvalue weighted by atomic mass is 9.99. The molecule has 0 aliphatic carbocycles. The zero-order chi connectivity index (χ0) is 15.6. The molecule has 1 aromatic carbocycles. The highest BCUT2D eigenvalue weighted by Gasteiger charge is 2.24. The molecular weight excluding hydrogens is 292 g/mol. The quantitative estimate of drug-likeness (QED) is 0.769. The van der Waals surface area contributed by atoms with Crippen LogP contribution in [0.5, 0.6) is 0 Å². The molecule has 0 spiro atoms. The summed E-state index contributed by atoms with van der Waals surface area (Å²) in [5.41, 5.74) is 1.66. The number of aromatic nitrogens is 2.